The normalized spacial score (nSPS) is 11.6. The number of rotatable bonds is 10. The molecule has 0 radical (unpaired) electrons. The molecule has 2 rings (SSSR count). The molecule has 0 aliphatic heterocycles. The zero-order valence-electron chi connectivity index (χ0n) is 16.7. The van der Waals surface area contributed by atoms with E-state index in [1.54, 1.807) is 30.3 Å². The molecule has 0 saturated heterocycles. The minimum atomic E-state index is -0.617. The zero-order chi connectivity index (χ0) is 21.2. The first-order valence-corrected chi connectivity index (χ1v) is 10.4. The Balaban J connectivity index is 2.20. The fourth-order valence-electron chi connectivity index (χ4n) is 2.88. The van der Waals surface area contributed by atoms with Crippen LogP contribution in [-0.2, 0) is 16.1 Å². The largest absolute Gasteiger partial charge is 0.484 e. The van der Waals surface area contributed by atoms with Crippen LogP contribution in [0.4, 0.5) is 0 Å². The Morgan fingerprint density at radius 2 is 1.86 bits per heavy atom. The number of carbonyl (C=O) groups excluding carboxylic acids is 2. The van der Waals surface area contributed by atoms with E-state index in [0.29, 0.717) is 28.8 Å². The molecule has 0 fully saturated rings. The van der Waals surface area contributed by atoms with Gasteiger partial charge in [0, 0.05) is 23.1 Å². The topological polar surface area (TPSA) is 58.6 Å². The van der Waals surface area contributed by atoms with Crippen molar-refractivity contribution in [1.29, 1.82) is 0 Å². The maximum absolute atomic E-state index is 13.0. The summed E-state index contributed by atoms with van der Waals surface area (Å²) in [7, 11) is 0. The second kappa shape index (κ2) is 11.7. The summed E-state index contributed by atoms with van der Waals surface area (Å²) in [6, 6.07) is 13.5. The van der Waals surface area contributed by atoms with Crippen LogP contribution < -0.4 is 10.1 Å². The van der Waals surface area contributed by atoms with Crippen molar-refractivity contribution in [3.8, 4) is 5.75 Å². The Hall–Kier alpha value is -2.24. The predicted molar refractivity (Wildman–Crippen MR) is 116 cm³/mol. The molecule has 1 atom stereocenters. The van der Waals surface area contributed by atoms with Crippen molar-refractivity contribution in [2.24, 2.45) is 0 Å². The molecule has 2 aromatic carbocycles. The van der Waals surface area contributed by atoms with Crippen LogP contribution in [0, 0.1) is 0 Å². The summed E-state index contributed by atoms with van der Waals surface area (Å²) in [5.74, 6) is 0.00734. The molecule has 0 unspecified atom stereocenters. The van der Waals surface area contributed by atoms with Gasteiger partial charge in [-0.15, -0.1) is 0 Å². The van der Waals surface area contributed by atoms with Gasteiger partial charge in [-0.2, -0.15) is 0 Å². The van der Waals surface area contributed by atoms with Gasteiger partial charge in [0.2, 0.25) is 5.91 Å². The molecular weight excluding hydrogens is 411 g/mol. The number of halogens is 2. The Labute approximate surface area is 181 Å². The van der Waals surface area contributed by atoms with E-state index in [-0.39, 0.29) is 25.0 Å². The zero-order valence-corrected chi connectivity index (χ0v) is 18.2. The van der Waals surface area contributed by atoms with Crippen LogP contribution in [0.2, 0.25) is 10.0 Å². The number of nitrogens with zero attached hydrogens (tertiary/aromatic N) is 1. The fraction of sp³-hybridized carbons (Fsp3) is 0.364. The molecule has 0 heterocycles. The molecule has 7 heteroatoms. The standard InChI is InChI=1S/C22H26Cl2N2O3/c1-3-12-25-22(28)20(4-2)26(14-16-8-5-6-11-19(16)24)21(27)15-29-18-10-7-9-17(23)13-18/h5-11,13,20H,3-4,12,14-15H2,1-2H3,(H,25,28)/t20-/m0/s1. The monoisotopic (exact) mass is 436 g/mol. The van der Waals surface area contributed by atoms with Crippen LogP contribution in [0.5, 0.6) is 5.75 Å². The molecule has 2 aromatic rings. The minimum Gasteiger partial charge on any atom is -0.484 e. The van der Waals surface area contributed by atoms with E-state index in [4.69, 9.17) is 27.9 Å². The van der Waals surface area contributed by atoms with E-state index in [0.717, 1.165) is 12.0 Å². The number of hydrogen-bond acceptors (Lipinski definition) is 3. The second-order valence-electron chi connectivity index (χ2n) is 6.57. The molecule has 0 aliphatic rings. The van der Waals surface area contributed by atoms with E-state index >= 15 is 0 Å². The van der Waals surface area contributed by atoms with Crippen LogP contribution in [0.15, 0.2) is 48.5 Å². The van der Waals surface area contributed by atoms with Crippen molar-refractivity contribution in [2.75, 3.05) is 13.2 Å². The van der Waals surface area contributed by atoms with Crippen molar-refractivity contribution >= 4 is 35.0 Å². The van der Waals surface area contributed by atoms with Crippen molar-refractivity contribution < 1.29 is 14.3 Å². The van der Waals surface area contributed by atoms with Crippen molar-refractivity contribution in [2.45, 2.75) is 39.3 Å². The maximum Gasteiger partial charge on any atom is 0.261 e. The highest BCUT2D eigenvalue weighted by Gasteiger charge is 2.29. The van der Waals surface area contributed by atoms with E-state index in [1.165, 1.54) is 4.90 Å². The first-order chi connectivity index (χ1) is 14.0. The van der Waals surface area contributed by atoms with E-state index in [9.17, 15) is 9.59 Å². The molecular formula is C22H26Cl2N2O3. The molecule has 0 spiro atoms. The first kappa shape index (κ1) is 23.0. The van der Waals surface area contributed by atoms with Crippen LogP contribution in [0.3, 0.4) is 0 Å². The van der Waals surface area contributed by atoms with Gasteiger partial charge in [-0.1, -0.05) is 61.3 Å². The smallest absolute Gasteiger partial charge is 0.261 e. The Kier molecular flexibility index (Phi) is 9.29. The predicted octanol–water partition coefficient (Wildman–Crippen LogP) is 4.71. The lowest BCUT2D eigenvalue weighted by Crippen LogP contribution is -2.50. The minimum absolute atomic E-state index is 0.183. The van der Waals surface area contributed by atoms with Crippen molar-refractivity contribution in [3.63, 3.8) is 0 Å². The summed E-state index contributed by atoms with van der Waals surface area (Å²) < 4.78 is 5.61. The van der Waals surface area contributed by atoms with Gasteiger partial charge < -0.3 is 15.0 Å². The quantitative estimate of drug-likeness (QED) is 0.586. The van der Waals surface area contributed by atoms with E-state index in [1.807, 2.05) is 32.0 Å². The van der Waals surface area contributed by atoms with Gasteiger partial charge in [0.25, 0.3) is 5.91 Å². The molecule has 0 bridgehead atoms. The number of benzene rings is 2. The molecule has 156 valence electrons. The lowest BCUT2D eigenvalue weighted by atomic mass is 10.1. The molecule has 5 nitrogen and oxygen atoms in total. The van der Waals surface area contributed by atoms with Gasteiger partial charge in [-0.05, 0) is 42.7 Å². The molecule has 29 heavy (non-hydrogen) atoms. The molecule has 0 aromatic heterocycles. The van der Waals surface area contributed by atoms with E-state index < -0.39 is 6.04 Å². The SMILES string of the molecule is CCCNC(=O)[C@H](CC)N(Cc1ccccc1Cl)C(=O)COc1cccc(Cl)c1. The number of carbonyl (C=O) groups is 2. The maximum atomic E-state index is 13.0. The summed E-state index contributed by atoms with van der Waals surface area (Å²) in [5, 5.41) is 3.94. The lowest BCUT2D eigenvalue weighted by molar-refractivity contribution is -0.143. The fourth-order valence-corrected chi connectivity index (χ4v) is 3.26. The van der Waals surface area contributed by atoms with Crippen LogP contribution in [0.25, 0.3) is 0 Å². The van der Waals surface area contributed by atoms with Crippen molar-refractivity contribution in [3.05, 3.63) is 64.1 Å². The summed E-state index contributed by atoms with van der Waals surface area (Å²) in [6.07, 6.45) is 1.29. The van der Waals surface area contributed by atoms with Crippen molar-refractivity contribution in [1.82, 2.24) is 10.2 Å². The Morgan fingerprint density at radius 3 is 2.52 bits per heavy atom. The molecule has 1 N–H and O–H groups in total. The summed E-state index contributed by atoms with van der Waals surface area (Å²) in [5.41, 5.74) is 0.770. The third-order valence-corrected chi connectivity index (χ3v) is 5.00. The lowest BCUT2D eigenvalue weighted by Gasteiger charge is -2.30. The molecule has 0 aliphatic carbocycles. The number of amides is 2. The summed E-state index contributed by atoms with van der Waals surface area (Å²) >= 11 is 12.3. The highest BCUT2D eigenvalue weighted by molar-refractivity contribution is 6.31. The molecule has 2 amide bonds. The van der Waals surface area contributed by atoms with Gasteiger partial charge in [-0.3, -0.25) is 9.59 Å². The van der Waals surface area contributed by atoms with Gasteiger partial charge >= 0.3 is 0 Å². The van der Waals surface area contributed by atoms with Gasteiger partial charge in [-0.25, -0.2) is 0 Å². The van der Waals surface area contributed by atoms with Gasteiger partial charge in [0.1, 0.15) is 11.8 Å². The third-order valence-electron chi connectivity index (χ3n) is 4.39. The van der Waals surface area contributed by atoms with Gasteiger partial charge in [0.05, 0.1) is 0 Å². The number of hydrogen-bond donors (Lipinski definition) is 1. The third kappa shape index (κ3) is 6.94. The van der Waals surface area contributed by atoms with Crippen LogP contribution in [0.1, 0.15) is 32.3 Å². The molecule has 0 saturated carbocycles. The first-order valence-electron chi connectivity index (χ1n) is 9.65. The Bertz CT molecular complexity index is 829. The number of ether oxygens (including phenoxy) is 1. The average molecular weight is 437 g/mol. The van der Waals surface area contributed by atoms with Crippen LogP contribution in [-0.4, -0.2) is 35.9 Å². The van der Waals surface area contributed by atoms with E-state index in [2.05, 4.69) is 5.32 Å². The second-order valence-corrected chi connectivity index (χ2v) is 7.42. The summed E-state index contributed by atoms with van der Waals surface area (Å²) in [4.78, 5) is 27.2. The van der Waals surface area contributed by atoms with Gasteiger partial charge in [0.15, 0.2) is 6.61 Å². The average Bonchev–Trinajstić information content (AvgIpc) is 2.71. The highest BCUT2D eigenvalue weighted by Crippen LogP contribution is 2.21. The Morgan fingerprint density at radius 1 is 1.10 bits per heavy atom. The highest BCUT2D eigenvalue weighted by atomic mass is 35.5. The van der Waals surface area contributed by atoms with Crippen LogP contribution >= 0.6 is 23.2 Å². The summed E-state index contributed by atoms with van der Waals surface area (Å²) in [6.45, 7) is 4.42. The number of nitrogens with one attached hydrogen (secondary N) is 1.